The van der Waals surface area contributed by atoms with Crippen molar-refractivity contribution in [2.45, 2.75) is 25.9 Å². The third kappa shape index (κ3) is 3.57. The molecule has 0 fully saturated rings. The number of carbonyl (C=O) groups excluding carboxylic acids is 1. The van der Waals surface area contributed by atoms with Gasteiger partial charge in [0.2, 0.25) is 11.1 Å². The number of para-hydroxylation sites is 1. The average Bonchev–Trinajstić information content (AvgIpc) is 3.16. The highest BCUT2D eigenvalue weighted by atomic mass is 32.2. The Balaban J connectivity index is 1.72. The molecule has 0 saturated carbocycles. The van der Waals surface area contributed by atoms with Gasteiger partial charge in [-0.05, 0) is 39.0 Å². The Morgan fingerprint density at radius 1 is 1.23 bits per heavy atom. The summed E-state index contributed by atoms with van der Waals surface area (Å²) in [6.45, 7) is 6.36. The van der Waals surface area contributed by atoms with Gasteiger partial charge < -0.3 is 10.7 Å². The number of aromatic nitrogens is 5. The van der Waals surface area contributed by atoms with Gasteiger partial charge >= 0.3 is 0 Å². The van der Waals surface area contributed by atoms with Crippen LogP contribution in [0.1, 0.15) is 18.3 Å². The number of rotatable bonds is 6. The van der Waals surface area contributed by atoms with Crippen molar-refractivity contribution in [3.05, 3.63) is 47.8 Å². The molecule has 0 bridgehead atoms. The number of thioether (sulfide) groups is 1. The van der Waals surface area contributed by atoms with E-state index in [4.69, 9.17) is 5.84 Å². The highest BCUT2D eigenvalue weighted by Crippen LogP contribution is 2.20. The summed E-state index contributed by atoms with van der Waals surface area (Å²) < 4.78 is 2.99. The van der Waals surface area contributed by atoms with E-state index in [1.807, 2.05) is 57.2 Å². The molecule has 1 amide bonds. The van der Waals surface area contributed by atoms with Gasteiger partial charge in [0, 0.05) is 17.9 Å². The Bertz CT molecular complexity index is 903. The van der Waals surface area contributed by atoms with Crippen molar-refractivity contribution in [3.8, 4) is 5.95 Å². The van der Waals surface area contributed by atoms with E-state index in [0.717, 1.165) is 17.1 Å². The first kappa shape index (κ1) is 18.0. The number of aryl methyl sites for hydroxylation is 2. The lowest BCUT2D eigenvalue weighted by Crippen LogP contribution is -2.32. The number of amides is 1. The molecule has 0 unspecified atom stereocenters. The number of nitrogens with two attached hydrogens (primary N) is 1. The molecular formula is C17H21N7OS. The molecule has 3 aromatic rings. The van der Waals surface area contributed by atoms with Crippen LogP contribution in [0.4, 0.5) is 5.69 Å². The van der Waals surface area contributed by atoms with Crippen LogP contribution in [-0.4, -0.2) is 42.9 Å². The summed E-state index contributed by atoms with van der Waals surface area (Å²) in [5, 5.41) is 13.0. The van der Waals surface area contributed by atoms with Gasteiger partial charge in [0.15, 0.2) is 0 Å². The van der Waals surface area contributed by atoms with E-state index in [9.17, 15) is 4.79 Å². The second kappa shape index (κ2) is 7.61. The fraction of sp³-hybridized carbons (Fsp3) is 0.294. The highest BCUT2D eigenvalue weighted by Gasteiger charge is 2.18. The van der Waals surface area contributed by atoms with Crippen molar-refractivity contribution >= 4 is 23.4 Å². The molecule has 0 aliphatic heterocycles. The van der Waals surface area contributed by atoms with Crippen LogP contribution >= 0.6 is 11.8 Å². The summed E-state index contributed by atoms with van der Waals surface area (Å²) in [5.74, 6) is 6.73. The molecule has 2 heterocycles. The van der Waals surface area contributed by atoms with Crippen LogP contribution in [0.15, 0.2) is 41.6 Å². The summed E-state index contributed by atoms with van der Waals surface area (Å²) in [6.07, 6.45) is 0. The summed E-state index contributed by atoms with van der Waals surface area (Å²) in [6, 6.07) is 11.5. The maximum Gasteiger partial charge on any atom is 0.271 e. The molecule has 0 aliphatic carbocycles. The van der Waals surface area contributed by atoms with Crippen molar-refractivity contribution < 1.29 is 4.79 Å². The standard InChI is InChI=1S/C17H21N7OS/c1-4-22(14-8-6-5-7-9-14)15(25)11-26-17-20-19-16(23(17)18)24-13(3)10-12(2)21-24/h5-10H,4,11,18H2,1-3H3. The highest BCUT2D eigenvalue weighted by molar-refractivity contribution is 7.99. The van der Waals surface area contributed by atoms with Crippen molar-refractivity contribution in [2.75, 3.05) is 23.0 Å². The minimum Gasteiger partial charge on any atom is -0.334 e. The lowest BCUT2D eigenvalue weighted by Gasteiger charge is -2.20. The van der Waals surface area contributed by atoms with Crippen LogP contribution in [0.25, 0.3) is 5.95 Å². The first-order valence-electron chi connectivity index (χ1n) is 8.23. The molecule has 26 heavy (non-hydrogen) atoms. The van der Waals surface area contributed by atoms with Crippen LogP contribution in [-0.2, 0) is 4.79 Å². The van der Waals surface area contributed by atoms with E-state index in [0.29, 0.717) is 17.6 Å². The van der Waals surface area contributed by atoms with Crippen LogP contribution in [0.5, 0.6) is 0 Å². The molecule has 3 rings (SSSR count). The van der Waals surface area contributed by atoms with E-state index in [-0.39, 0.29) is 11.7 Å². The molecule has 8 nitrogen and oxygen atoms in total. The Hall–Kier alpha value is -2.81. The van der Waals surface area contributed by atoms with Crippen molar-refractivity contribution in [1.82, 2.24) is 24.7 Å². The molecule has 0 spiro atoms. The largest absolute Gasteiger partial charge is 0.334 e. The van der Waals surface area contributed by atoms with Crippen molar-refractivity contribution in [1.29, 1.82) is 0 Å². The maximum absolute atomic E-state index is 12.6. The summed E-state index contributed by atoms with van der Waals surface area (Å²) in [4.78, 5) is 14.3. The fourth-order valence-electron chi connectivity index (χ4n) is 2.66. The number of benzene rings is 1. The number of nitrogen functional groups attached to an aromatic ring is 1. The summed E-state index contributed by atoms with van der Waals surface area (Å²) >= 11 is 1.25. The van der Waals surface area contributed by atoms with Crippen LogP contribution in [0.2, 0.25) is 0 Å². The van der Waals surface area contributed by atoms with Crippen LogP contribution < -0.4 is 10.7 Å². The minimum atomic E-state index is -0.0145. The lowest BCUT2D eigenvalue weighted by molar-refractivity contribution is -0.116. The van der Waals surface area contributed by atoms with Gasteiger partial charge in [-0.2, -0.15) is 5.10 Å². The Labute approximate surface area is 156 Å². The number of anilines is 1. The van der Waals surface area contributed by atoms with Gasteiger partial charge in [-0.15, -0.1) is 10.2 Å². The molecule has 2 aromatic heterocycles. The quantitative estimate of drug-likeness (QED) is 0.526. The van der Waals surface area contributed by atoms with E-state index in [1.54, 1.807) is 9.58 Å². The third-order valence-electron chi connectivity index (χ3n) is 3.86. The second-order valence-corrected chi connectivity index (χ2v) is 6.70. The zero-order valence-corrected chi connectivity index (χ0v) is 15.8. The number of carbonyl (C=O) groups is 1. The van der Waals surface area contributed by atoms with Gasteiger partial charge in [-0.3, -0.25) is 4.79 Å². The predicted molar refractivity (Wildman–Crippen MR) is 102 cm³/mol. The van der Waals surface area contributed by atoms with E-state index < -0.39 is 0 Å². The van der Waals surface area contributed by atoms with Gasteiger partial charge in [0.1, 0.15) is 0 Å². The molecular weight excluding hydrogens is 350 g/mol. The molecule has 9 heteroatoms. The zero-order valence-electron chi connectivity index (χ0n) is 15.0. The Morgan fingerprint density at radius 2 is 1.96 bits per heavy atom. The first-order valence-corrected chi connectivity index (χ1v) is 9.22. The smallest absolute Gasteiger partial charge is 0.271 e. The van der Waals surface area contributed by atoms with Gasteiger partial charge in [0.25, 0.3) is 5.95 Å². The van der Waals surface area contributed by atoms with E-state index in [1.165, 1.54) is 16.4 Å². The molecule has 0 radical (unpaired) electrons. The van der Waals surface area contributed by atoms with Crippen molar-refractivity contribution in [3.63, 3.8) is 0 Å². The van der Waals surface area contributed by atoms with Crippen LogP contribution in [0, 0.1) is 13.8 Å². The van der Waals surface area contributed by atoms with Crippen LogP contribution in [0.3, 0.4) is 0 Å². The van der Waals surface area contributed by atoms with Gasteiger partial charge in [0.05, 0.1) is 11.4 Å². The molecule has 136 valence electrons. The summed E-state index contributed by atoms with van der Waals surface area (Å²) in [5.41, 5.74) is 2.66. The lowest BCUT2D eigenvalue weighted by atomic mass is 10.3. The normalized spacial score (nSPS) is 10.9. The van der Waals surface area contributed by atoms with Gasteiger partial charge in [-0.25, -0.2) is 9.36 Å². The van der Waals surface area contributed by atoms with Gasteiger partial charge in [-0.1, -0.05) is 30.0 Å². The number of hydrogen-bond acceptors (Lipinski definition) is 6. The minimum absolute atomic E-state index is 0.0145. The maximum atomic E-state index is 12.6. The number of hydrogen-bond donors (Lipinski definition) is 1. The predicted octanol–water partition coefficient (Wildman–Crippen LogP) is 1.94. The second-order valence-electron chi connectivity index (χ2n) is 5.75. The third-order valence-corrected chi connectivity index (χ3v) is 4.78. The molecule has 0 atom stereocenters. The zero-order chi connectivity index (χ0) is 18.7. The topological polar surface area (TPSA) is 94.9 Å². The first-order chi connectivity index (χ1) is 12.5. The average molecular weight is 371 g/mol. The fourth-order valence-corrected chi connectivity index (χ4v) is 3.39. The SMILES string of the molecule is CCN(C(=O)CSc1nnc(-n2nc(C)cc2C)n1N)c1ccccc1. The molecule has 0 saturated heterocycles. The Morgan fingerprint density at radius 3 is 2.58 bits per heavy atom. The summed E-state index contributed by atoms with van der Waals surface area (Å²) in [7, 11) is 0. The van der Waals surface area contributed by atoms with E-state index in [2.05, 4.69) is 15.3 Å². The monoisotopic (exact) mass is 371 g/mol. The molecule has 0 aliphatic rings. The van der Waals surface area contributed by atoms with Crippen molar-refractivity contribution in [2.24, 2.45) is 0 Å². The molecule has 1 aromatic carbocycles. The molecule has 2 N–H and O–H groups in total. The number of nitrogens with zero attached hydrogens (tertiary/aromatic N) is 6. The van der Waals surface area contributed by atoms with E-state index >= 15 is 0 Å². The Kier molecular flexibility index (Phi) is 5.27.